The lowest BCUT2D eigenvalue weighted by molar-refractivity contribution is -0.0978. The summed E-state index contributed by atoms with van der Waals surface area (Å²) in [7, 11) is 0. The van der Waals surface area contributed by atoms with Crippen LogP contribution in [0.2, 0.25) is 0 Å². The van der Waals surface area contributed by atoms with Crippen LogP contribution >= 0.6 is 0 Å². The van der Waals surface area contributed by atoms with E-state index in [4.69, 9.17) is 9.47 Å². The van der Waals surface area contributed by atoms with Crippen molar-refractivity contribution in [2.75, 3.05) is 26.4 Å². The van der Waals surface area contributed by atoms with Gasteiger partial charge in [0.05, 0.1) is 19.8 Å². The van der Waals surface area contributed by atoms with Gasteiger partial charge in [0.1, 0.15) is 5.75 Å². The fourth-order valence-corrected chi connectivity index (χ4v) is 1.82. The number of amides is 1. The van der Waals surface area contributed by atoms with Gasteiger partial charge in [0, 0.05) is 17.5 Å². The molecule has 0 aliphatic carbocycles. The Labute approximate surface area is 107 Å². The van der Waals surface area contributed by atoms with Crippen LogP contribution in [0.1, 0.15) is 24.2 Å². The molecule has 0 unspecified atom stereocenters. The van der Waals surface area contributed by atoms with Gasteiger partial charge < -0.3 is 14.8 Å². The molecule has 2 rings (SSSR count). The molecule has 1 heterocycles. The Morgan fingerprint density at radius 3 is 2.56 bits per heavy atom. The van der Waals surface area contributed by atoms with Gasteiger partial charge in [-0.05, 0) is 31.2 Å². The number of ether oxygens (including phenoxy) is 2. The standard InChI is InChI=1S/C14H19NO3/c1-3-18-12-6-4-11(5-7-12)13(16)15-8-14(2)9-17-10-14/h4-7H,3,8-10H2,1-2H3,(H,15,16). The summed E-state index contributed by atoms with van der Waals surface area (Å²) in [5, 5.41) is 2.93. The van der Waals surface area contributed by atoms with E-state index < -0.39 is 0 Å². The average Bonchev–Trinajstić information content (AvgIpc) is 2.35. The second-order valence-corrected chi connectivity index (χ2v) is 4.94. The first-order chi connectivity index (χ1) is 8.63. The molecule has 98 valence electrons. The molecule has 1 aromatic carbocycles. The molecular formula is C14H19NO3. The highest BCUT2D eigenvalue weighted by Crippen LogP contribution is 2.25. The lowest BCUT2D eigenvalue weighted by Crippen LogP contribution is -2.48. The van der Waals surface area contributed by atoms with Gasteiger partial charge in [0.2, 0.25) is 0 Å². The molecule has 1 N–H and O–H groups in total. The molecule has 0 atom stereocenters. The molecule has 1 aliphatic heterocycles. The lowest BCUT2D eigenvalue weighted by atomic mass is 9.88. The number of rotatable bonds is 5. The van der Waals surface area contributed by atoms with Crippen molar-refractivity contribution >= 4 is 5.91 Å². The van der Waals surface area contributed by atoms with Crippen LogP contribution < -0.4 is 10.1 Å². The molecular weight excluding hydrogens is 230 g/mol. The number of hydrogen-bond donors (Lipinski definition) is 1. The summed E-state index contributed by atoms with van der Waals surface area (Å²) in [6.07, 6.45) is 0. The lowest BCUT2D eigenvalue weighted by Gasteiger charge is -2.38. The highest BCUT2D eigenvalue weighted by molar-refractivity contribution is 5.94. The molecule has 0 saturated carbocycles. The minimum Gasteiger partial charge on any atom is -0.494 e. The third-order valence-corrected chi connectivity index (χ3v) is 3.00. The topological polar surface area (TPSA) is 47.6 Å². The first-order valence-electron chi connectivity index (χ1n) is 6.22. The van der Waals surface area contributed by atoms with Crippen LogP contribution in [-0.2, 0) is 4.74 Å². The fourth-order valence-electron chi connectivity index (χ4n) is 1.82. The first kappa shape index (κ1) is 12.9. The summed E-state index contributed by atoms with van der Waals surface area (Å²) in [5.74, 6) is 0.736. The molecule has 0 spiro atoms. The Balaban J connectivity index is 1.88. The van der Waals surface area contributed by atoms with Crippen LogP contribution in [-0.4, -0.2) is 32.3 Å². The second-order valence-electron chi connectivity index (χ2n) is 4.94. The third kappa shape index (κ3) is 3.01. The number of nitrogens with one attached hydrogen (secondary N) is 1. The van der Waals surface area contributed by atoms with E-state index in [9.17, 15) is 4.79 Å². The smallest absolute Gasteiger partial charge is 0.251 e. The fraction of sp³-hybridized carbons (Fsp3) is 0.500. The Hall–Kier alpha value is -1.55. The van der Waals surface area contributed by atoms with E-state index in [1.165, 1.54) is 0 Å². The van der Waals surface area contributed by atoms with E-state index in [1.54, 1.807) is 12.1 Å². The maximum atomic E-state index is 11.9. The summed E-state index contributed by atoms with van der Waals surface area (Å²) in [5.41, 5.74) is 0.753. The minimum atomic E-state index is -0.0498. The number of carbonyl (C=O) groups excluding carboxylic acids is 1. The molecule has 4 heteroatoms. The zero-order chi connectivity index (χ0) is 13.0. The summed E-state index contributed by atoms with van der Waals surface area (Å²) < 4.78 is 10.5. The highest BCUT2D eigenvalue weighted by Gasteiger charge is 2.33. The van der Waals surface area contributed by atoms with Crippen molar-refractivity contribution in [3.63, 3.8) is 0 Å². The summed E-state index contributed by atoms with van der Waals surface area (Å²) >= 11 is 0. The van der Waals surface area contributed by atoms with Crippen molar-refractivity contribution in [2.24, 2.45) is 5.41 Å². The quantitative estimate of drug-likeness (QED) is 0.866. The first-order valence-corrected chi connectivity index (χ1v) is 6.22. The van der Waals surface area contributed by atoms with Gasteiger partial charge >= 0.3 is 0 Å². The Morgan fingerprint density at radius 2 is 2.06 bits per heavy atom. The molecule has 1 aromatic rings. The predicted octanol–water partition coefficient (Wildman–Crippen LogP) is 1.85. The number of carbonyl (C=O) groups is 1. The SMILES string of the molecule is CCOc1ccc(C(=O)NCC2(C)COC2)cc1. The molecule has 1 saturated heterocycles. The van der Waals surface area contributed by atoms with E-state index in [2.05, 4.69) is 12.2 Å². The average molecular weight is 249 g/mol. The Morgan fingerprint density at radius 1 is 1.39 bits per heavy atom. The van der Waals surface area contributed by atoms with Gasteiger partial charge in [0.15, 0.2) is 0 Å². The molecule has 1 fully saturated rings. The van der Waals surface area contributed by atoms with Gasteiger partial charge in [-0.2, -0.15) is 0 Å². The van der Waals surface area contributed by atoms with Crippen LogP contribution in [0.4, 0.5) is 0 Å². The molecule has 18 heavy (non-hydrogen) atoms. The molecule has 0 bridgehead atoms. The van der Waals surface area contributed by atoms with Crippen molar-refractivity contribution in [2.45, 2.75) is 13.8 Å². The van der Waals surface area contributed by atoms with Crippen molar-refractivity contribution in [1.29, 1.82) is 0 Å². The third-order valence-electron chi connectivity index (χ3n) is 3.00. The van der Waals surface area contributed by atoms with Gasteiger partial charge in [-0.15, -0.1) is 0 Å². The summed E-state index contributed by atoms with van der Waals surface area (Å²) in [6.45, 7) is 6.76. The van der Waals surface area contributed by atoms with Crippen molar-refractivity contribution < 1.29 is 14.3 Å². The normalized spacial score (nSPS) is 16.8. The monoisotopic (exact) mass is 249 g/mol. The van der Waals surface area contributed by atoms with E-state index in [-0.39, 0.29) is 11.3 Å². The summed E-state index contributed by atoms with van der Waals surface area (Å²) in [6, 6.07) is 7.18. The zero-order valence-electron chi connectivity index (χ0n) is 10.9. The van der Waals surface area contributed by atoms with E-state index in [0.717, 1.165) is 19.0 Å². The zero-order valence-corrected chi connectivity index (χ0v) is 10.9. The number of benzene rings is 1. The van der Waals surface area contributed by atoms with Crippen LogP contribution in [0, 0.1) is 5.41 Å². The molecule has 0 aromatic heterocycles. The maximum absolute atomic E-state index is 11.9. The van der Waals surface area contributed by atoms with Gasteiger partial charge in [-0.3, -0.25) is 4.79 Å². The van der Waals surface area contributed by atoms with Crippen molar-refractivity contribution in [1.82, 2.24) is 5.32 Å². The van der Waals surface area contributed by atoms with Crippen molar-refractivity contribution in [3.8, 4) is 5.75 Å². The van der Waals surface area contributed by atoms with E-state index >= 15 is 0 Å². The minimum absolute atomic E-state index is 0.0498. The van der Waals surface area contributed by atoms with Gasteiger partial charge in [0.25, 0.3) is 5.91 Å². The molecule has 4 nitrogen and oxygen atoms in total. The molecule has 1 aliphatic rings. The largest absolute Gasteiger partial charge is 0.494 e. The Kier molecular flexibility index (Phi) is 3.87. The predicted molar refractivity (Wildman–Crippen MR) is 68.9 cm³/mol. The molecule has 0 radical (unpaired) electrons. The summed E-state index contributed by atoms with van der Waals surface area (Å²) in [4.78, 5) is 11.9. The maximum Gasteiger partial charge on any atom is 0.251 e. The van der Waals surface area contributed by atoms with Crippen LogP contribution in [0.3, 0.4) is 0 Å². The number of hydrogen-bond acceptors (Lipinski definition) is 3. The second kappa shape index (κ2) is 5.40. The van der Waals surface area contributed by atoms with E-state index in [0.29, 0.717) is 18.7 Å². The van der Waals surface area contributed by atoms with Gasteiger partial charge in [-0.25, -0.2) is 0 Å². The van der Waals surface area contributed by atoms with E-state index in [1.807, 2.05) is 19.1 Å². The molecule has 1 amide bonds. The van der Waals surface area contributed by atoms with Gasteiger partial charge in [-0.1, -0.05) is 6.92 Å². The van der Waals surface area contributed by atoms with Crippen molar-refractivity contribution in [3.05, 3.63) is 29.8 Å². The Bertz CT molecular complexity index is 410. The van der Waals surface area contributed by atoms with Crippen LogP contribution in [0.25, 0.3) is 0 Å². The van der Waals surface area contributed by atoms with Crippen LogP contribution in [0.5, 0.6) is 5.75 Å². The van der Waals surface area contributed by atoms with Crippen LogP contribution in [0.15, 0.2) is 24.3 Å². The highest BCUT2D eigenvalue weighted by atomic mass is 16.5.